The monoisotopic (exact) mass is 270 g/mol. The molecule has 0 radical (unpaired) electrons. The molecule has 0 spiro atoms. The minimum atomic E-state index is 0.581. The lowest BCUT2D eigenvalue weighted by atomic mass is 9.77. The standard InChI is InChI=1S/C18H26N2/c1-3-14-5-7-16(12-19)18(11-14)20-9-8-15-6-4-13(2)10-17(15)20/h4,6,8-10,14,16,18H,3,5,7,11-12,19H2,1-2H3. The van der Waals surface area contributed by atoms with Gasteiger partial charge in [0.25, 0.3) is 0 Å². The Bertz CT molecular complexity index is 584. The fourth-order valence-electron chi connectivity index (χ4n) is 3.83. The Morgan fingerprint density at radius 1 is 1.25 bits per heavy atom. The lowest BCUT2D eigenvalue weighted by molar-refractivity contribution is 0.188. The molecule has 3 unspecified atom stereocenters. The summed E-state index contributed by atoms with van der Waals surface area (Å²) >= 11 is 0. The van der Waals surface area contributed by atoms with Crippen LogP contribution >= 0.6 is 0 Å². The van der Waals surface area contributed by atoms with Gasteiger partial charge in [-0.25, -0.2) is 0 Å². The van der Waals surface area contributed by atoms with E-state index in [4.69, 9.17) is 5.73 Å². The van der Waals surface area contributed by atoms with Crippen LogP contribution in [0.3, 0.4) is 0 Å². The summed E-state index contributed by atoms with van der Waals surface area (Å²) in [4.78, 5) is 0. The maximum absolute atomic E-state index is 6.05. The van der Waals surface area contributed by atoms with E-state index in [0.29, 0.717) is 12.0 Å². The molecule has 3 rings (SSSR count). The van der Waals surface area contributed by atoms with Gasteiger partial charge in [0.1, 0.15) is 0 Å². The number of nitrogens with zero attached hydrogens (tertiary/aromatic N) is 1. The maximum Gasteiger partial charge on any atom is 0.0485 e. The second-order valence-corrected chi connectivity index (χ2v) is 6.44. The molecule has 20 heavy (non-hydrogen) atoms. The van der Waals surface area contributed by atoms with Gasteiger partial charge in [-0.15, -0.1) is 0 Å². The Kier molecular flexibility index (Phi) is 3.84. The first kappa shape index (κ1) is 13.7. The molecule has 2 nitrogen and oxygen atoms in total. The first-order chi connectivity index (χ1) is 9.72. The summed E-state index contributed by atoms with van der Waals surface area (Å²) in [5, 5.41) is 1.35. The van der Waals surface area contributed by atoms with E-state index in [1.807, 2.05) is 0 Å². The average molecular weight is 270 g/mol. The van der Waals surface area contributed by atoms with E-state index >= 15 is 0 Å². The Morgan fingerprint density at radius 2 is 2.10 bits per heavy atom. The first-order valence-corrected chi connectivity index (χ1v) is 8.00. The van der Waals surface area contributed by atoms with Gasteiger partial charge in [0, 0.05) is 17.8 Å². The van der Waals surface area contributed by atoms with Crippen molar-refractivity contribution in [2.75, 3.05) is 6.54 Å². The Hall–Kier alpha value is -1.28. The van der Waals surface area contributed by atoms with Crippen molar-refractivity contribution in [3.63, 3.8) is 0 Å². The van der Waals surface area contributed by atoms with Gasteiger partial charge in [0.05, 0.1) is 0 Å². The van der Waals surface area contributed by atoms with Crippen LogP contribution in [0, 0.1) is 18.8 Å². The molecule has 2 N–H and O–H groups in total. The third kappa shape index (κ3) is 2.37. The van der Waals surface area contributed by atoms with Crippen LogP contribution in [0.5, 0.6) is 0 Å². The van der Waals surface area contributed by atoms with Crippen molar-refractivity contribution in [3.8, 4) is 0 Å². The van der Waals surface area contributed by atoms with E-state index in [1.165, 1.54) is 42.1 Å². The molecule has 108 valence electrons. The molecule has 3 atom stereocenters. The van der Waals surface area contributed by atoms with Crippen molar-refractivity contribution < 1.29 is 0 Å². The average Bonchev–Trinajstić information content (AvgIpc) is 2.89. The van der Waals surface area contributed by atoms with Gasteiger partial charge in [-0.3, -0.25) is 0 Å². The minimum Gasteiger partial charge on any atom is -0.344 e. The number of fused-ring (bicyclic) bond motifs is 1. The molecule has 1 aliphatic carbocycles. The predicted octanol–water partition coefficient (Wildman–Crippen LogP) is 4.28. The summed E-state index contributed by atoms with van der Waals surface area (Å²) in [6, 6.07) is 9.58. The molecule has 1 fully saturated rings. The van der Waals surface area contributed by atoms with E-state index in [-0.39, 0.29) is 0 Å². The van der Waals surface area contributed by atoms with Crippen LogP contribution in [0.25, 0.3) is 10.9 Å². The first-order valence-electron chi connectivity index (χ1n) is 8.00. The molecule has 1 heterocycles. The summed E-state index contributed by atoms with van der Waals surface area (Å²) in [7, 11) is 0. The molecule has 0 bridgehead atoms. The molecule has 2 heteroatoms. The van der Waals surface area contributed by atoms with E-state index in [2.05, 4.69) is 48.9 Å². The van der Waals surface area contributed by atoms with Gasteiger partial charge in [-0.05, 0) is 67.6 Å². The molecule has 0 saturated heterocycles. The molecule has 1 aromatic heterocycles. The molecule has 1 aliphatic rings. The van der Waals surface area contributed by atoms with Crippen LogP contribution < -0.4 is 5.73 Å². The molecule has 0 amide bonds. The van der Waals surface area contributed by atoms with Gasteiger partial charge < -0.3 is 10.3 Å². The van der Waals surface area contributed by atoms with Crippen LogP contribution in [-0.2, 0) is 0 Å². The van der Waals surface area contributed by atoms with Crippen molar-refractivity contribution in [2.45, 2.75) is 45.6 Å². The molecular weight excluding hydrogens is 244 g/mol. The number of aromatic nitrogens is 1. The Balaban J connectivity index is 2.00. The molecule has 1 aromatic carbocycles. The molecule has 1 saturated carbocycles. The van der Waals surface area contributed by atoms with Gasteiger partial charge >= 0.3 is 0 Å². The highest BCUT2D eigenvalue weighted by Gasteiger charge is 2.30. The maximum atomic E-state index is 6.05. The number of rotatable bonds is 3. The zero-order valence-electron chi connectivity index (χ0n) is 12.7. The summed E-state index contributed by atoms with van der Waals surface area (Å²) < 4.78 is 2.50. The van der Waals surface area contributed by atoms with Crippen molar-refractivity contribution in [1.29, 1.82) is 0 Å². The molecule has 0 aliphatic heterocycles. The number of nitrogens with two attached hydrogens (primary N) is 1. The van der Waals surface area contributed by atoms with Crippen LogP contribution in [-0.4, -0.2) is 11.1 Å². The molecular formula is C18H26N2. The summed E-state index contributed by atoms with van der Waals surface area (Å²) in [5.74, 6) is 1.50. The van der Waals surface area contributed by atoms with E-state index in [9.17, 15) is 0 Å². The smallest absolute Gasteiger partial charge is 0.0485 e. The minimum absolute atomic E-state index is 0.581. The predicted molar refractivity (Wildman–Crippen MR) is 85.9 cm³/mol. The summed E-state index contributed by atoms with van der Waals surface area (Å²) in [6.45, 7) is 5.31. The second-order valence-electron chi connectivity index (χ2n) is 6.44. The van der Waals surface area contributed by atoms with E-state index in [1.54, 1.807) is 0 Å². The largest absolute Gasteiger partial charge is 0.344 e. The van der Waals surface area contributed by atoms with Crippen molar-refractivity contribution in [2.24, 2.45) is 17.6 Å². The van der Waals surface area contributed by atoms with Crippen LogP contribution in [0.4, 0.5) is 0 Å². The lowest BCUT2D eigenvalue weighted by Gasteiger charge is -2.36. The van der Waals surface area contributed by atoms with Crippen LogP contribution in [0.2, 0.25) is 0 Å². The quantitative estimate of drug-likeness (QED) is 0.887. The van der Waals surface area contributed by atoms with E-state index in [0.717, 1.165) is 12.5 Å². The highest BCUT2D eigenvalue weighted by molar-refractivity contribution is 5.81. The third-order valence-electron chi connectivity index (χ3n) is 5.18. The zero-order chi connectivity index (χ0) is 14.1. The molecule has 2 aromatic rings. The van der Waals surface area contributed by atoms with Crippen LogP contribution in [0.1, 0.15) is 44.2 Å². The van der Waals surface area contributed by atoms with Gasteiger partial charge in [-0.1, -0.05) is 25.5 Å². The van der Waals surface area contributed by atoms with Gasteiger partial charge in [0.2, 0.25) is 0 Å². The van der Waals surface area contributed by atoms with Gasteiger partial charge in [-0.2, -0.15) is 0 Å². The highest BCUT2D eigenvalue weighted by Crippen LogP contribution is 2.39. The number of aryl methyl sites for hydroxylation is 1. The van der Waals surface area contributed by atoms with Crippen molar-refractivity contribution >= 4 is 10.9 Å². The Labute approximate surface area is 122 Å². The summed E-state index contributed by atoms with van der Waals surface area (Å²) in [6.07, 6.45) is 7.50. The van der Waals surface area contributed by atoms with Gasteiger partial charge in [0.15, 0.2) is 0 Å². The fourth-order valence-corrected chi connectivity index (χ4v) is 3.83. The van der Waals surface area contributed by atoms with Crippen LogP contribution in [0.15, 0.2) is 30.5 Å². The summed E-state index contributed by atoms with van der Waals surface area (Å²) in [5.41, 5.74) is 8.76. The zero-order valence-corrected chi connectivity index (χ0v) is 12.7. The van der Waals surface area contributed by atoms with Crippen molar-refractivity contribution in [1.82, 2.24) is 4.57 Å². The number of hydrogen-bond donors (Lipinski definition) is 1. The highest BCUT2D eigenvalue weighted by atomic mass is 15.0. The lowest BCUT2D eigenvalue weighted by Crippen LogP contribution is -2.32. The van der Waals surface area contributed by atoms with E-state index < -0.39 is 0 Å². The second kappa shape index (κ2) is 5.61. The normalized spacial score (nSPS) is 27.1. The number of benzene rings is 1. The fraction of sp³-hybridized carbons (Fsp3) is 0.556. The van der Waals surface area contributed by atoms with Crippen molar-refractivity contribution in [3.05, 3.63) is 36.0 Å². The topological polar surface area (TPSA) is 30.9 Å². The number of hydrogen-bond acceptors (Lipinski definition) is 1. The Morgan fingerprint density at radius 3 is 2.85 bits per heavy atom. The third-order valence-corrected chi connectivity index (χ3v) is 5.18. The SMILES string of the molecule is CCC1CCC(CN)C(n2ccc3ccc(C)cc32)C1.